The van der Waals surface area contributed by atoms with Gasteiger partial charge in [0.1, 0.15) is 0 Å². The molecular weight excluding hydrogens is 214 g/mol. The van der Waals surface area contributed by atoms with Gasteiger partial charge in [0.2, 0.25) is 0 Å². The average molecular weight is 235 g/mol. The summed E-state index contributed by atoms with van der Waals surface area (Å²) in [6, 6.07) is 0.553. The van der Waals surface area contributed by atoms with Crippen molar-refractivity contribution in [3.63, 3.8) is 0 Å². The highest BCUT2D eigenvalue weighted by Crippen LogP contribution is 2.25. The zero-order chi connectivity index (χ0) is 11.5. The van der Waals surface area contributed by atoms with Crippen molar-refractivity contribution in [2.24, 2.45) is 0 Å². The number of piperidine rings is 1. The monoisotopic (exact) mass is 235 g/mol. The molecular formula is C13H21N3O. The maximum atomic E-state index is 5.95. The average Bonchev–Trinajstić information content (AvgIpc) is 3.02. The molecule has 0 amide bonds. The van der Waals surface area contributed by atoms with Gasteiger partial charge in [0, 0.05) is 0 Å². The van der Waals surface area contributed by atoms with E-state index < -0.39 is 0 Å². The summed E-state index contributed by atoms with van der Waals surface area (Å²) in [4.78, 5) is 0. The Morgan fingerprint density at radius 2 is 1.94 bits per heavy atom. The van der Waals surface area contributed by atoms with E-state index in [0.717, 1.165) is 18.8 Å². The number of ether oxygens (including phenoxy) is 1. The largest absolute Gasteiger partial charge is 0.487 e. The van der Waals surface area contributed by atoms with Crippen LogP contribution in [0, 0.1) is 0 Å². The van der Waals surface area contributed by atoms with Gasteiger partial charge in [-0.1, -0.05) is 0 Å². The van der Waals surface area contributed by atoms with Crippen LogP contribution in [0.5, 0.6) is 5.75 Å². The van der Waals surface area contributed by atoms with Gasteiger partial charge in [-0.3, -0.25) is 4.68 Å². The Labute approximate surface area is 102 Å². The van der Waals surface area contributed by atoms with E-state index in [1.54, 1.807) is 0 Å². The first-order valence-electron chi connectivity index (χ1n) is 6.83. The summed E-state index contributed by atoms with van der Waals surface area (Å²) in [5, 5.41) is 7.82. The molecule has 4 nitrogen and oxygen atoms in total. The summed E-state index contributed by atoms with van der Waals surface area (Å²) in [6.07, 6.45) is 11.8. The first kappa shape index (κ1) is 11.1. The molecule has 0 spiro atoms. The molecule has 1 saturated heterocycles. The molecule has 3 rings (SSSR count). The molecule has 1 aromatic heterocycles. The SMILES string of the molecule is c1nn(C2CCNCC2)cc1OC1CCCC1. The molecule has 1 aliphatic heterocycles. The standard InChI is InChI=1S/C13H21N3O/c1-2-4-12(3-1)17-13-9-15-16(10-13)11-5-7-14-8-6-11/h9-12,14H,1-8H2. The van der Waals surface area contributed by atoms with Crippen molar-refractivity contribution in [3.8, 4) is 5.75 Å². The molecule has 2 aliphatic rings. The summed E-state index contributed by atoms with van der Waals surface area (Å²) in [5.74, 6) is 0.954. The van der Waals surface area contributed by atoms with Crippen LogP contribution in [0.4, 0.5) is 0 Å². The number of hydrogen-bond acceptors (Lipinski definition) is 3. The molecule has 1 aliphatic carbocycles. The molecule has 0 atom stereocenters. The highest BCUT2D eigenvalue weighted by atomic mass is 16.5. The predicted molar refractivity (Wildman–Crippen MR) is 66.3 cm³/mol. The molecule has 1 N–H and O–H groups in total. The Bertz CT molecular complexity index is 351. The Hall–Kier alpha value is -1.03. The highest BCUT2D eigenvalue weighted by molar-refractivity contribution is 5.13. The molecule has 0 unspecified atom stereocenters. The quantitative estimate of drug-likeness (QED) is 0.872. The lowest BCUT2D eigenvalue weighted by molar-refractivity contribution is 0.209. The molecule has 0 bridgehead atoms. The van der Waals surface area contributed by atoms with Crippen LogP contribution in [0.1, 0.15) is 44.6 Å². The van der Waals surface area contributed by atoms with Gasteiger partial charge in [0.25, 0.3) is 0 Å². The Balaban J connectivity index is 1.60. The van der Waals surface area contributed by atoms with E-state index in [-0.39, 0.29) is 0 Å². The van der Waals surface area contributed by atoms with E-state index in [1.807, 2.05) is 6.20 Å². The predicted octanol–water partition coefficient (Wildman–Crippen LogP) is 2.13. The van der Waals surface area contributed by atoms with Crippen molar-refractivity contribution >= 4 is 0 Å². The molecule has 2 fully saturated rings. The first-order valence-corrected chi connectivity index (χ1v) is 6.83. The van der Waals surface area contributed by atoms with E-state index in [1.165, 1.54) is 38.5 Å². The maximum Gasteiger partial charge on any atom is 0.157 e. The summed E-state index contributed by atoms with van der Waals surface area (Å²) >= 11 is 0. The number of aromatic nitrogens is 2. The van der Waals surface area contributed by atoms with Gasteiger partial charge in [-0.2, -0.15) is 5.10 Å². The number of nitrogens with one attached hydrogen (secondary N) is 1. The normalized spacial score (nSPS) is 23.1. The minimum Gasteiger partial charge on any atom is -0.487 e. The van der Waals surface area contributed by atoms with E-state index in [4.69, 9.17) is 4.74 Å². The summed E-state index contributed by atoms with van der Waals surface area (Å²) in [5.41, 5.74) is 0. The minimum absolute atomic E-state index is 0.431. The Morgan fingerprint density at radius 3 is 2.71 bits per heavy atom. The molecule has 17 heavy (non-hydrogen) atoms. The molecule has 1 aromatic rings. The smallest absolute Gasteiger partial charge is 0.157 e. The van der Waals surface area contributed by atoms with Crippen LogP contribution in [0.25, 0.3) is 0 Å². The fraction of sp³-hybridized carbons (Fsp3) is 0.769. The minimum atomic E-state index is 0.431. The third-order valence-corrected chi connectivity index (χ3v) is 3.87. The van der Waals surface area contributed by atoms with Crippen LogP contribution in [0.2, 0.25) is 0 Å². The summed E-state index contributed by atoms with van der Waals surface area (Å²) in [6.45, 7) is 2.20. The lowest BCUT2D eigenvalue weighted by atomic mass is 10.1. The van der Waals surface area contributed by atoms with E-state index >= 15 is 0 Å². The van der Waals surface area contributed by atoms with Crippen molar-refractivity contribution in [1.29, 1.82) is 0 Å². The van der Waals surface area contributed by atoms with Gasteiger partial charge in [-0.05, 0) is 51.6 Å². The van der Waals surface area contributed by atoms with Crippen LogP contribution in [0.15, 0.2) is 12.4 Å². The van der Waals surface area contributed by atoms with Crippen LogP contribution in [-0.2, 0) is 0 Å². The fourth-order valence-corrected chi connectivity index (χ4v) is 2.85. The molecule has 4 heteroatoms. The lowest BCUT2D eigenvalue weighted by Gasteiger charge is -2.22. The van der Waals surface area contributed by atoms with E-state index in [0.29, 0.717) is 12.1 Å². The van der Waals surface area contributed by atoms with Gasteiger partial charge in [0.15, 0.2) is 5.75 Å². The van der Waals surface area contributed by atoms with Gasteiger partial charge >= 0.3 is 0 Å². The second kappa shape index (κ2) is 5.08. The number of nitrogens with zero attached hydrogens (tertiary/aromatic N) is 2. The summed E-state index contributed by atoms with van der Waals surface area (Å²) in [7, 11) is 0. The van der Waals surface area contributed by atoms with Crippen molar-refractivity contribution in [2.75, 3.05) is 13.1 Å². The first-order chi connectivity index (χ1) is 8.42. The zero-order valence-electron chi connectivity index (χ0n) is 10.3. The fourth-order valence-electron chi connectivity index (χ4n) is 2.85. The van der Waals surface area contributed by atoms with Gasteiger partial charge < -0.3 is 10.1 Å². The van der Waals surface area contributed by atoms with E-state index in [9.17, 15) is 0 Å². The van der Waals surface area contributed by atoms with Crippen molar-refractivity contribution in [2.45, 2.75) is 50.7 Å². The Morgan fingerprint density at radius 1 is 1.18 bits per heavy atom. The van der Waals surface area contributed by atoms with Gasteiger partial charge in [-0.15, -0.1) is 0 Å². The second-order valence-electron chi connectivity index (χ2n) is 5.16. The summed E-state index contributed by atoms with van der Waals surface area (Å²) < 4.78 is 8.04. The zero-order valence-corrected chi connectivity index (χ0v) is 10.3. The van der Waals surface area contributed by atoms with E-state index in [2.05, 4.69) is 21.3 Å². The van der Waals surface area contributed by atoms with Crippen molar-refractivity contribution in [1.82, 2.24) is 15.1 Å². The van der Waals surface area contributed by atoms with Crippen LogP contribution < -0.4 is 10.1 Å². The molecule has 0 radical (unpaired) electrons. The number of rotatable bonds is 3. The third kappa shape index (κ3) is 2.63. The molecule has 1 saturated carbocycles. The van der Waals surface area contributed by atoms with Crippen LogP contribution >= 0.6 is 0 Å². The van der Waals surface area contributed by atoms with Gasteiger partial charge in [0.05, 0.1) is 24.5 Å². The number of hydrogen-bond donors (Lipinski definition) is 1. The van der Waals surface area contributed by atoms with Crippen molar-refractivity contribution < 1.29 is 4.74 Å². The molecule has 2 heterocycles. The topological polar surface area (TPSA) is 39.1 Å². The Kier molecular flexibility index (Phi) is 3.31. The van der Waals surface area contributed by atoms with Crippen LogP contribution in [-0.4, -0.2) is 29.0 Å². The second-order valence-corrected chi connectivity index (χ2v) is 5.16. The molecule has 94 valence electrons. The van der Waals surface area contributed by atoms with Crippen molar-refractivity contribution in [3.05, 3.63) is 12.4 Å². The third-order valence-electron chi connectivity index (χ3n) is 3.87. The highest BCUT2D eigenvalue weighted by Gasteiger charge is 2.19. The maximum absolute atomic E-state index is 5.95. The molecule has 0 aromatic carbocycles. The van der Waals surface area contributed by atoms with Gasteiger partial charge in [-0.25, -0.2) is 0 Å². The lowest BCUT2D eigenvalue weighted by Crippen LogP contribution is -2.29. The van der Waals surface area contributed by atoms with Crippen LogP contribution in [0.3, 0.4) is 0 Å².